The van der Waals surface area contributed by atoms with Gasteiger partial charge in [0.2, 0.25) is 5.89 Å². The van der Waals surface area contributed by atoms with Crippen LogP contribution >= 0.6 is 27.5 Å². The van der Waals surface area contributed by atoms with Crippen molar-refractivity contribution in [2.45, 2.75) is 32.9 Å². The van der Waals surface area contributed by atoms with Crippen LogP contribution in [0.25, 0.3) is 11.3 Å². The van der Waals surface area contributed by atoms with Gasteiger partial charge in [0.05, 0.1) is 17.8 Å². The minimum absolute atomic E-state index is 0.0373. The Labute approximate surface area is 126 Å². The van der Waals surface area contributed by atoms with E-state index in [-0.39, 0.29) is 5.54 Å². The number of hydrogen-bond acceptors (Lipinski definition) is 3. The van der Waals surface area contributed by atoms with Crippen molar-refractivity contribution >= 4 is 27.5 Å². The van der Waals surface area contributed by atoms with Crippen LogP contribution in [0.1, 0.15) is 26.7 Å². The summed E-state index contributed by atoms with van der Waals surface area (Å²) in [5.41, 5.74) is 0.956. The molecule has 0 fully saturated rings. The van der Waals surface area contributed by atoms with Crippen LogP contribution in [-0.4, -0.2) is 10.5 Å². The highest BCUT2D eigenvalue weighted by molar-refractivity contribution is 9.10. The maximum Gasteiger partial charge on any atom is 0.208 e. The van der Waals surface area contributed by atoms with Gasteiger partial charge in [-0.15, -0.1) is 0 Å². The predicted molar refractivity (Wildman–Crippen MR) is 81.2 cm³/mol. The number of hydrogen-bond donors (Lipinski definition) is 1. The molecule has 5 heteroatoms. The first-order valence-corrected chi connectivity index (χ1v) is 7.17. The molecule has 2 aromatic rings. The van der Waals surface area contributed by atoms with Gasteiger partial charge in [0, 0.05) is 15.6 Å². The van der Waals surface area contributed by atoms with Gasteiger partial charge >= 0.3 is 0 Å². The van der Waals surface area contributed by atoms with Gasteiger partial charge in [0.15, 0.2) is 5.76 Å². The SMILES string of the molecule is CC(C)(C)NCc1ncc(-c2ccc(Br)c(Cl)c2)o1. The van der Waals surface area contributed by atoms with Crippen molar-refractivity contribution in [1.82, 2.24) is 10.3 Å². The molecule has 0 bridgehead atoms. The Balaban J connectivity index is 2.14. The largest absolute Gasteiger partial charge is 0.439 e. The Bertz CT molecular complexity index is 575. The van der Waals surface area contributed by atoms with Gasteiger partial charge in [0.1, 0.15) is 0 Å². The molecule has 0 amide bonds. The predicted octanol–water partition coefficient (Wildman–Crippen LogP) is 4.65. The first-order chi connectivity index (χ1) is 8.85. The number of benzene rings is 1. The highest BCUT2D eigenvalue weighted by Crippen LogP contribution is 2.29. The highest BCUT2D eigenvalue weighted by Gasteiger charge is 2.12. The summed E-state index contributed by atoms with van der Waals surface area (Å²) < 4.78 is 6.58. The summed E-state index contributed by atoms with van der Waals surface area (Å²) in [4.78, 5) is 4.26. The van der Waals surface area contributed by atoms with Gasteiger partial charge in [-0.05, 0) is 54.9 Å². The molecule has 0 spiro atoms. The van der Waals surface area contributed by atoms with Gasteiger partial charge < -0.3 is 9.73 Å². The number of oxazole rings is 1. The molecule has 1 heterocycles. The molecule has 19 heavy (non-hydrogen) atoms. The van der Waals surface area contributed by atoms with E-state index in [1.165, 1.54) is 0 Å². The molecule has 3 nitrogen and oxygen atoms in total. The summed E-state index contributed by atoms with van der Waals surface area (Å²) in [7, 11) is 0. The lowest BCUT2D eigenvalue weighted by atomic mass is 10.1. The Morgan fingerprint density at radius 2 is 2.11 bits per heavy atom. The van der Waals surface area contributed by atoms with E-state index in [0.717, 1.165) is 15.8 Å². The van der Waals surface area contributed by atoms with Gasteiger partial charge in [0.25, 0.3) is 0 Å². The van der Waals surface area contributed by atoms with E-state index in [1.54, 1.807) is 6.20 Å². The normalized spacial score (nSPS) is 11.8. The summed E-state index contributed by atoms with van der Waals surface area (Å²) in [6, 6.07) is 5.69. The lowest BCUT2D eigenvalue weighted by Gasteiger charge is -2.18. The van der Waals surface area contributed by atoms with Gasteiger partial charge in [-0.2, -0.15) is 0 Å². The minimum atomic E-state index is 0.0373. The zero-order valence-corrected chi connectivity index (χ0v) is 13.5. The third-order valence-electron chi connectivity index (χ3n) is 2.53. The number of halogens is 2. The van der Waals surface area contributed by atoms with Crippen molar-refractivity contribution in [1.29, 1.82) is 0 Å². The molecule has 0 saturated heterocycles. The Hall–Kier alpha value is -0.840. The fourth-order valence-corrected chi connectivity index (χ4v) is 1.94. The van der Waals surface area contributed by atoms with Crippen molar-refractivity contribution in [3.63, 3.8) is 0 Å². The molecule has 1 aromatic carbocycles. The molecule has 1 N–H and O–H groups in total. The smallest absolute Gasteiger partial charge is 0.208 e. The average molecular weight is 344 g/mol. The third-order valence-corrected chi connectivity index (χ3v) is 3.76. The number of rotatable bonds is 3. The van der Waals surface area contributed by atoms with Crippen LogP contribution in [0.15, 0.2) is 33.3 Å². The van der Waals surface area contributed by atoms with Crippen LogP contribution in [0.4, 0.5) is 0 Å². The second kappa shape index (κ2) is 5.65. The van der Waals surface area contributed by atoms with E-state index in [9.17, 15) is 0 Å². The Morgan fingerprint density at radius 3 is 2.74 bits per heavy atom. The summed E-state index contributed by atoms with van der Waals surface area (Å²) in [6.45, 7) is 6.91. The lowest BCUT2D eigenvalue weighted by molar-refractivity contribution is 0.383. The van der Waals surface area contributed by atoms with Gasteiger partial charge in [-0.3, -0.25) is 0 Å². The molecule has 0 saturated carbocycles. The summed E-state index contributed by atoms with van der Waals surface area (Å²) >= 11 is 9.44. The van der Waals surface area contributed by atoms with E-state index in [2.05, 4.69) is 47.0 Å². The van der Waals surface area contributed by atoms with E-state index in [1.807, 2.05) is 18.2 Å². The maximum atomic E-state index is 6.07. The number of aromatic nitrogens is 1. The number of nitrogens with zero attached hydrogens (tertiary/aromatic N) is 1. The van der Waals surface area contributed by atoms with Crippen LogP contribution in [-0.2, 0) is 6.54 Å². The second-order valence-electron chi connectivity index (χ2n) is 5.35. The van der Waals surface area contributed by atoms with Crippen LogP contribution < -0.4 is 5.32 Å². The highest BCUT2D eigenvalue weighted by atomic mass is 79.9. The molecular formula is C14H16BrClN2O. The molecule has 102 valence electrons. The fraction of sp³-hybridized carbons (Fsp3) is 0.357. The maximum absolute atomic E-state index is 6.07. The first-order valence-electron chi connectivity index (χ1n) is 6.00. The van der Waals surface area contributed by atoms with Gasteiger partial charge in [-0.1, -0.05) is 11.6 Å². The second-order valence-corrected chi connectivity index (χ2v) is 6.61. The van der Waals surface area contributed by atoms with Crippen molar-refractivity contribution < 1.29 is 4.42 Å². The molecule has 0 radical (unpaired) electrons. The topological polar surface area (TPSA) is 38.1 Å². The Kier molecular flexibility index (Phi) is 4.33. The molecule has 0 atom stereocenters. The molecule has 0 aliphatic rings. The molecule has 2 rings (SSSR count). The van der Waals surface area contributed by atoms with Crippen molar-refractivity contribution in [3.05, 3.63) is 39.8 Å². The zero-order valence-electron chi connectivity index (χ0n) is 11.1. The lowest BCUT2D eigenvalue weighted by Crippen LogP contribution is -2.35. The molecule has 0 aliphatic heterocycles. The third kappa shape index (κ3) is 4.06. The molecule has 0 unspecified atom stereocenters. The van der Waals surface area contributed by atoms with Crippen molar-refractivity contribution in [2.75, 3.05) is 0 Å². The Morgan fingerprint density at radius 1 is 1.37 bits per heavy atom. The number of nitrogens with one attached hydrogen (secondary N) is 1. The standard InChI is InChI=1S/C14H16BrClN2O/c1-14(2,3)18-8-13-17-7-12(19-13)9-4-5-10(15)11(16)6-9/h4-7,18H,8H2,1-3H3. The van der Waals surface area contributed by atoms with Crippen LogP contribution in [0.5, 0.6) is 0 Å². The average Bonchev–Trinajstić information content (AvgIpc) is 2.78. The van der Waals surface area contributed by atoms with E-state index in [4.69, 9.17) is 16.0 Å². The monoisotopic (exact) mass is 342 g/mol. The quantitative estimate of drug-likeness (QED) is 0.882. The van der Waals surface area contributed by atoms with E-state index >= 15 is 0 Å². The molecular weight excluding hydrogens is 328 g/mol. The summed E-state index contributed by atoms with van der Waals surface area (Å²) in [6.07, 6.45) is 1.72. The minimum Gasteiger partial charge on any atom is -0.439 e. The first kappa shape index (κ1) is 14.6. The fourth-order valence-electron chi connectivity index (χ4n) is 1.52. The van der Waals surface area contributed by atoms with Crippen LogP contribution in [0.2, 0.25) is 5.02 Å². The summed E-state index contributed by atoms with van der Waals surface area (Å²) in [5.74, 6) is 1.39. The van der Waals surface area contributed by atoms with Crippen LogP contribution in [0, 0.1) is 0 Å². The van der Waals surface area contributed by atoms with Gasteiger partial charge in [-0.25, -0.2) is 4.98 Å². The van der Waals surface area contributed by atoms with Crippen LogP contribution in [0.3, 0.4) is 0 Å². The molecule has 0 aliphatic carbocycles. The van der Waals surface area contributed by atoms with Crippen molar-refractivity contribution in [3.8, 4) is 11.3 Å². The van der Waals surface area contributed by atoms with E-state index in [0.29, 0.717) is 17.5 Å². The molecule has 1 aromatic heterocycles. The zero-order chi connectivity index (χ0) is 14.0. The van der Waals surface area contributed by atoms with E-state index < -0.39 is 0 Å². The van der Waals surface area contributed by atoms with Crippen molar-refractivity contribution in [2.24, 2.45) is 0 Å². The summed E-state index contributed by atoms with van der Waals surface area (Å²) in [5, 5.41) is 3.99.